The van der Waals surface area contributed by atoms with Gasteiger partial charge in [-0.1, -0.05) is 37.3 Å². The number of rotatable bonds is 8. The van der Waals surface area contributed by atoms with Gasteiger partial charge in [-0.05, 0) is 5.56 Å². The van der Waals surface area contributed by atoms with Crippen LogP contribution in [-0.4, -0.2) is 34.3 Å². The topological polar surface area (TPSA) is 114 Å². The number of benzene rings is 1. The van der Waals surface area contributed by atoms with Crippen LogP contribution in [0.5, 0.6) is 0 Å². The standard InChI is InChI=1S/C18H20N2O5/c1-2-14-13(18(23)24)10-15(25-14)17(22)20(9-8-16(19)21)11-12-6-4-3-5-7-12/h3-7,10H,2,8-9,11H2,1H3,(H2,19,21)(H,23,24). The van der Waals surface area contributed by atoms with Gasteiger partial charge < -0.3 is 20.2 Å². The van der Waals surface area contributed by atoms with Gasteiger partial charge in [-0.15, -0.1) is 0 Å². The fourth-order valence-electron chi connectivity index (χ4n) is 2.43. The number of nitrogens with two attached hydrogens (primary N) is 1. The van der Waals surface area contributed by atoms with Gasteiger partial charge in [-0.2, -0.15) is 0 Å². The van der Waals surface area contributed by atoms with Crippen molar-refractivity contribution in [2.75, 3.05) is 6.54 Å². The van der Waals surface area contributed by atoms with E-state index in [4.69, 9.17) is 10.2 Å². The molecule has 2 rings (SSSR count). The summed E-state index contributed by atoms with van der Waals surface area (Å²) in [4.78, 5) is 36.5. The third-order valence-electron chi connectivity index (χ3n) is 3.70. The fourth-order valence-corrected chi connectivity index (χ4v) is 2.43. The number of aromatic carboxylic acids is 1. The normalized spacial score (nSPS) is 10.4. The van der Waals surface area contributed by atoms with E-state index >= 15 is 0 Å². The summed E-state index contributed by atoms with van der Waals surface area (Å²) in [6, 6.07) is 10.5. The SMILES string of the molecule is CCc1oc(C(=O)N(CCC(N)=O)Cc2ccccc2)cc1C(=O)O. The molecular weight excluding hydrogens is 324 g/mol. The average molecular weight is 344 g/mol. The van der Waals surface area contributed by atoms with Crippen molar-refractivity contribution in [3.05, 3.63) is 59.0 Å². The molecule has 0 radical (unpaired) electrons. The number of nitrogens with zero attached hydrogens (tertiary/aromatic N) is 1. The lowest BCUT2D eigenvalue weighted by atomic mass is 10.2. The molecule has 0 saturated carbocycles. The molecule has 1 heterocycles. The molecule has 0 unspecified atom stereocenters. The highest BCUT2D eigenvalue weighted by Gasteiger charge is 2.24. The van der Waals surface area contributed by atoms with Gasteiger partial charge in [0.25, 0.3) is 5.91 Å². The van der Waals surface area contributed by atoms with Crippen LogP contribution in [0, 0.1) is 0 Å². The molecule has 7 nitrogen and oxygen atoms in total. The van der Waals surface area contributed by atoms with Crippen molar-refractivity contribution in [1.82, 2.24) is 4.90 Å². The van der Waals surface area contributed by atoms with E-state index in [0.29, 0.717) is 6.42 Å². The molecule has 2 aromatic rings. The number of amides is 2. The Balaban J connectivity index is 2.27. The van der Waals surface area contributed by atoms with Crippen molar-refractivity contribution < 1.29 is 23.9 Å². The van der Waals surface area contributed by atoms with Crippen LogP contribution < -0.4 is 5.73 Å². The molecule has 2 amide bonds. The van der Waals surface area contributed by atoms with Gasteiger partial charge in [-0.25, -0.2) is 4.79 Å². The summed E-state index contributed by atoms with van der Waals surface area (Å²) in [5.74, 6) is -1.97. The zero-order valence-corrected chi connectivity index (χ0v) is 13.9. The summed E-state index contributed by atoms with van der Waals surface area (Å²) in [5, 5.41) is 9.20. The maximum atomic E-state index is 12.8. The van der Waals surface area contributed by atoms with E-state index in [9.17, 15) is 19.5 Å². The molecule has 0 bridgehead atoms. The molecule has 0 atom stereocenters. The second-order valence-electron chi connectivity index (χ2n) is 5.53. The second kappa shape index (κ2) is 8.14. The Bertz CT molecular complexity index is 767. The first kappa shape index (κ1) is 18.3. The van der Waals surface area contributed by atoms with Crippen molar-refractivity contribution in [2.45, 2.75) is 26.3 Å². The molecule has 132 valence electrons. The number of primary amides is 1. The van der Waals surface area contributed by atoms with Crippen LogP contribution in [-0.2, 0) is 17.8 Å². The smallest absolute Gasteiger partial charge is 0.339 e. The number of aryl methyl sites for hydroxylation is 1. The van der Waals surface area contributed by atoms with E-state index in [1.54, 1.807) is 6.92 Å². The van der Waals surface area contributed by atoms with Crippen molar-refractivity contribution in [3.8, 4) is 0 Å². The largest absolute Gasteiger partial charge is 0.478 e. The van der Waals surface area contributed by atoms with Crippen molar-refractivity contribution >= 4 is 17.8 Å². The Morgan fingerprint density at radius 2 is 1.88 bits per heavy atom. The highest BCUT2D eigenvalue weighted by atomic mass is 16.4. The van der Waals surface area contributed by atoms with E-state index in [1.165, 1.54) is 11.0 Å². The van der Waals surface area contributed by atoms with Gasteiger partial charge in [0.15, 0.2) is 5.76 Å². The molecule has 0 aliphatic heterocycles. The van der Waals surface area contributed by atoms with Crippen LogP contribution in [0.25, 0.3) is 0 Å². The summed E-state index contributed by atoms with van der Waals surface area (Å²) in [7, 11) is 0. The van der Waals surface area contributed by atoms with E-state index in [-0.39, 0.29) is 36.6 Å². The van der Waals surface area contributed by atoms with E-state index < -0.39 is 17.8 Å². The Kier molecular flexibility index (Phi) is 5.94. The van der Waals surface area contributed by atoms with E-state index in [0.717, 1.165) is 5.56 Å². The van der Waals surface area contributed by atoms with Gasteiger partial charge in [0.1, 0.15) is 11.3 Å². The summed E-state index contributed by atoms with van der Waals surface area (Å²) < 4.78 is 5.42. The predicted octanol–water partition coefficient (Wildman–Crippen LogP) is 2.06. The predicted molar refractivity (Wildman–Crippen MR) is 90.0 cm³/mol. The number of hydrogen-bond donors (Lipinski definition) is 2. The first-order chi connectivity index (χ1) is 11.9. The minimum Gasteiger partial charge on any atom is -0.478 e. The van der Waals surface area contributed by atoms with Crippen molar-refractivity contribution in [2.24, 2.45) is 5.73 Å². The maximum absolute atomic E-state index is 12.8. The van der Waals surface area contributed by atoms with Crippen LogP contribution >= 0.6 is 0 Å². The monoisotopic (exact) mass is 344 g/mol. The van der Waals surface area contributed by atoms with Crippen LogP contribution in [0.15, 0.2) is 40.8 Å². The molecule has 0 fully saturated rings. The van der Waals surface area contributed by atoms with Crippen molar-refractivity contribution in [3.63, 3.8) is 0 Å². The number of hydrogen-bond acceptors (Lipinski definition) is 4. The summed E-state index contributed by atoms with van der Waals surface area (Å²) in [6.07, 6.45) is 0.362. The minimum absolute atomic E-state index is 0.00566. The van der Waals surface area contributed by atoms with Crippen LogP contribution in [0.3, 0.4) is 0 Å². The van der Waals surface area contributed by atoms with Crippen LogP contribution in [0.1, 0.15) is 45.6 Å². The molecule has 1 aromatic heterocycles. The molecule has 25 heavy (non-hydrogen) atoms. The minimum atomic E-state index is -1.15. The lowest BCUT2D eigenvalue weighted by Gasteiger charge is -2.21. The Morgan fingerprint density at radius 3 is 2.40 bits per heavy atom. The Labute approximate surface area is 145 Å². The van der Waals surface area contributed by atoms with Gasteiger partial charge >= 0.3 is 5.97 Å². The van der Waals surface area contributed by atoms with Gasteiger partial charge in [0.2, 0.25) is 5.91 Å². The van der Waals surface area contributed by atoms with E-state index in [2.05, 4.69) is 0 Å². The number of carboxylic acid groups (broad SMARTS) is 1. The van der Waals surface area contributed by atoms with Crippen molar-refractivity contribution in [1.29, 1.82) is 0 Å². The molecule has 0 spiro atoms. The number of furan rings is 1. The lowest BCUT2D eigenvalue weighted by Crippen LogP contribution is -2.33. The molecule has 7 heteroatoms. The molecule has 3 N–H and O–H groups in total. The summed E-state index contributed by atoms with van der Waals surface area (Å²) in [6.45, 7) is 2.12. The third kappa shape index (κ3) is 4.69. The van der Waals surface area contributed by atoms with Crippen LogP contribution in [0.4, 0.5) is 0 Å². The van der Waals surface area contributed by atoms with Gasteiger partial charge in [-0.3, -0.25) is 9.59 Å². The molecule has 0 aliphatic rings. The van der Waals surface area contributed by atoms with Crippen LogP contribution in [0.2, 0.25) is 0 Å². The highest BCUT2D eigenvalue weighted by molar-refractivity contribution is 5.96. The first-order valence-electron chi connectivity index (χ1n) is 7.89. The number of carboxylic acids is 1. The zero-order valence-electron chi connectivity index (χ0n) is 13.9. The Morgan fingerprint density at radius 1 is 1.20 bits per heavy atom. The summed E-state index contributed by atoms with van der Waals surface area (Å²) in [5.41, 5.74) is 6.03. The molecule has 1 aromatic carbocycles. The first-order valence-corrected chi connectivity index (χ1v) is 7.89. The Hall–Kier alpha value is -3.09. The van der Waals surface area contributed by atoms with Gasteiger partial charge in [0, 0.05) is 32.0 Å². The lowest BCUT2D eigenvalue weighted by molar-refractivity contribution is -0.118. The number of carbonyl (C=O) groups excluding carboxylic acids is 2. The molecule has 0 saturated heterocycles. The number of carbonyl (C=O) groups is 3. The summed E-state index contributed by atoms with van der Waals surface area (Å²) >= 11 is 0. The quantitative estimate of drug-likeness (QED) is 0.761. The fraction of sp³-hybridized carbons (Fsp3) is 0.278. The maximum Gasteiger partial charge on any atom is 0.339 e. The average Bonchev–Trinajstić information content (AvgIpc) is 3.03. The van der Waals surface area contributed by atoms with E-state index in [1.807, 2.05) is 30.3 Å². The highest BCUT2D eigenvalue weighted by Crippen LogP contribution is 2.19. The van der Waals surface area contributed by atoms with Gasteiger partial charge in [0.05, 0.1) is 0 Å². The second-order valence-corrected chi connectivity index (χ2v) is 5.53. The zero-order chi connectivity index (χ0) is 18.4. The molecular formula is C18H20N2O5. The third-order valence-corrected chi connectivity index (χ3v) is 3.70. The molecule has 0 aliphatic carbocycles.